The first-order valence-electron chi connectivity index (χ1n) is 6.08. The van der Waals surface area contributed by atoms with Gasteiger partial charge in [0, 0.05) is 0 Å². The van der Waals surface area contributed by atoms with Crippen molar-refractivity contribution in [3.63, 3.8) is 0 Å². The van der Waals surface area contributed by atoms with Crippen LogP contribution in [0.15, 0.2) is 54.6 Å². The largest absolute Gasteiger partial charge is 0.544 e. The normalized spacial score (nSPS) is 11.4. The van der Waals surface area contributed by atoms with E-state index in [0.29, 0.717) is 5.69 Å². The number of alkyl halides is 3. The van der Waals surface area contributed by atoms with Crippen molar-refractivity contribution in [1.29, 1.82) is 0 Å². The van der Waals surface area contributed by atoms with E-state index in [1.807, 2.05) is 13.0 Å². The fourth-order valence-corrected chi connectivity index (χ4v) is 1.76. The van der Waals surface area contributed by atoms with E-state index in [1.54, 1.807) is 48.5 Å². The second-order valence-corrected chi connectivity index (χ2v) is 4.39. The standard InChI is InChI=1S/C15H14F3NO/c1-12-7-9-14(10-8-12)19(20-15(16,17)18)11-13-5-3-2-4-6-13/h2-10H,11H2,1H3. The predicted octanol–water partition coefficient (Wildman–Crippen LogP) is 4.45. The fraction of sp³-hybridized carbons (Fsp3) is 0.200. The lowest BCUT2D eigenvalue weighted by Gasteiger charge is -2.24. The van der Waals surface area contributed by atoms with E-state index in [2.05, 4.69) is 4.84 Å². The third-order valence-corrected chi connectivity index (χ3v) is 2.70. The second kappa shape index (κ2) is 5.96. The molecule has 0 N–H and O–H groups in total. The molecule has 0 saturated heterocycles. The van der Waals surface area contributed by atoms with E-state index < -0.39 is 6.36 Å². The maximum atomic E-state index is 12.5. The number of benzene rings is 2. The van der Waals surface area contributed by atoms with Gasteiger partial charge in [-0.05, 0) is 24.6 Å². The number of hydrogen-bond acceptors (Lipinski definition) is 2. The Hall–Kier alpha value is -2.01. The van der Waals surface area contributed by atoms with E-state index in [-0.39, 0.29) is 6.54 Å². The van der Waals surface area contributed by atoms with Gasteiger partial charge in [0.1, 0.15) is 0 Å². The van der Waals surface area contributed by atoms with E-state index in [4.69, 9.17) is 0 Å². The molecule has 0 spiro atoms. The van der Waals surface area contributed by atoms with E-state index in [1.165, 1.54) is 0 Å². The van der Waals surface area contributed by atoms with Gasteiger partial charge in [0.25, 0.3) is 0 Å². The van der Waals surface area contributed by atoms with E-state index >= 15 is 0 Å². The van der Waals surface area contributed by atoms with Crippen molar-refractivity contribution in [3.8, 4) is 0 Å². The molecule has 0 bridgehead atoms. The first kappa shape index (κ1) is 14.4. The van der Waals surface area contributed by atoms with Crippen LogP contribution in [0.4, 0.5) is 18.9 Å². The lowest BCUT2D eigenvalue weighted by Crippen LogP contribution is -2.31. The summed E-state index contributed by atoms with van der Waals surface area (Å²) in [4.78, 5) is 4.10. The van der Waals surface area contributed by atoms with Crippen LogP contribution in [0, 0.1) is 6.92 Å². The first-order valence-corrected chi connectivity index (χ1v) is 6.08. The summed E-state index contributed by atoms with van der Waals surface area (Å²) in [5, 5.41) is 0.842. The maximum absolute atomic E-state index is 12.5. The number of aryl methyl sites for hydroxylation is 1. The molecule has 20 heavy (non-hydrogen) atoms. The minimum atomic E-state index is -4.72. The number of nitrogens with zero attached hydrogens (tertiary/aromatic N) is 1. The molecule has 0 amide bonds. The summed E-state index contributed by atoms with van der Waals surface area (Å²) in [6, 6.07) is 15.5. The van der Waals surface area contributed by atoms with Crippen LogP contribution in [0.2, 0.25) is 0 Å². The van der Waals surface area contributed by atoms with Gasteiger partial charge < -0.3 is 0 Å². The predicted molar refractivity (Wildman–Crippen MR) is 70.9 cm³/mol. The van der Waals surface area contributed by atoms with Gasteiger partial charge in [-0.15, -0.1) is 13.2 Å². The van der Waals surface area contributed by atoms with E-state index in [0.717, 1.165) is 16.2 Å². The Morgan fingerprint density at radius 2 is 1.55 bits per heavy atom. The molecule has 5 heteroatoms. The van der Waals surface area contributed by atoms with Crippen molar-refractivity contribution in [2.45, 2.75) is 19.8 Å². The summed E-state index contributed by atoms with van der Waals surface area (Å²) in [6.45, 7) is 1.89. The van der Waals surface area contributed by atoms with Crippen LogP contribution in [0.5, 0.6) is 0 Å². The Bertz CT molecular complexity index is 537. The quantitative estimate of drug-likeness (QED) is 0.767. The summed E-state index contributed by atoms with van der Waals surface area (Å²) in [6.07, 6.45) is -4.72. The third-order valence-electron chi connectivity index (χ3n) is 2.70. The second-order valence-electron chi connectivity index (χ2n) is 4.39. The fourth-order valence-electron chi connectivity index (χ4n) is 1.76. The molecular formula is C15H14F3NO. The summed E-state index contributed by atoms with van der Waals surface area (Å²) >= 11 is 0. The zero-order valence-electron chi connectivity index (χ0n) is 10.9. The van der Waals surface area contributed by atoms with Crippen LogP contribution in [0.25, 0.3) is 0 Å². The lowest BCUT2D eigenvalue weighted by molar-refractivity contribution is -0.331. The molecule has 0 aromatic heterocycles. The number of rotatable bonds is 4. The molecule has 0 aliphatic heterocycles. The highest BCUT2D eigenvalue weighted by atomic mass is 19.4. The zero-order valence-corrected chi connectivity index (χ0v) is 10.9. The molecule has 0 heterocycles. The molecule has 2 rings (SSSR count). The minimum absolute atomic E-state index is 0.0173. The smallest absolute Gasteiger partial charge is 0.241 e. The Labute approximate surface area is 115 Å². The van der Waals surface area contributed by atoms with Crippen molar-refractivity contribution in [2.24, 2.45) is 0 Å². The summed E-state index contributed by atoms with van der Waals surface area (Å²) < 4.78 is 37.5. The van der Waals surface area contributed by atoms with Crippen LogP contribution in [-0.4, -0.2) is 6.36 Å². The Morgan fingerprint density at radius 3 is 2.10 bits per heavy atom. The maximum Gasteiger partial charge on any atom is 0.544 e. The molecule has 0 radical (unpaired) electrons. The van der Waals surface area contributed by atoms with Gasteiger partial charge in [-0.1, -0.05) is 48.0 Å². The van der Waals surface area contributed by atoms with E-state index in [9.17, 15) is 13.2 Å². The minimum Gasteiger partial charge on any atom is -0.241 e. The van der Waals surface area contributed by atoms with Gasteiger partial charge in [0.15, 0.2) is 0 Å². The molecule has 2 aromatic rings. The Kier molecular flexibility index (Phi) is 4.29. The number of hydroxylamine groups is 1. The lowest BCUT2D eigenvalue weighted by atomic mass is 10.2. The van der Waals surface area contributed by atoms with Crippen molar-refractivity contribution in [3.05, 3.63) is 65.7 Å². The van der Waals surface area contributed by atoms with Gasteiger partial charge in [-0.25, -0.2) is 5.06 Å². The average Bonchev–Trinajstić information content (AvgIpc) is 2.38. The van der Waals surface area contributed by atoms with Gasteiger partial charge in [0.05, 0.1) is 12.2 Å². The Morgan fingerprint density at radius 1 is 0.950 bits per heavy atom. The molecule has 2 aromatic carbocycles. The molecule has 2 nitrogen and oxygen atoms in total. The average molecular weight is 281 g/mol. The highest BCUT2D eigenvalue weighted by molar-refractivity contribution is 5.45. The first-order chi connectivity index (χ1) is 9.44. The van der Waals surface area contributed by atoms with Crippen molar-refractivity contribution < 1.29 is 18.0 Å². The molecule has 0 aliphatic carbocycles. The topological polar surface area (TPSA) is 12.5 Å². The summed E-state index contributed by atoms with van der Waals surface area (Å²) in [7, 11) is 0. The van der Waals surface area contributed by atoms with Crippen LogP contribution < -0.4 is 5.06 Å². The monoisotopic (exact) mass is 281 g/mol. The SMILES string of the molecule is Cc1ccc(N(Cc2ccccc2)OC(F)(F)F)cc1. The molecule has 106 valence electrons. The Balaban J connectivity index is 2.22. The van der Waals surface area contributed by atoms with Crippen LogP contribution >= 0.6 is 0 Å². The van der Waals surface area contributed by atoms with Gasteiger partial charge in [-0.2, -0.15) is 4.84 Å². The van der Waals surface area contributed by atoms with Gasteiger partial charge in [0.2, 0.25) is 0 Å². The zero-order chi connectivity index (χ0) is 14.6. The molecular weight excluding hydrogens is 267 g/mol. The van der Waals surface area contributed by atoms with Crippen LogP contribution in [0.1, 0.15) is 11.1 Å². The van der Waals surface area contributed by atoms with Crippen molar-refractivity contribution in [1.82, 2.24) is 0 Å². The van der Waals surface area contributed by atoms with Crippen LogP contribution in [-0.2, 0) is 11.4 Å². The van der Waals surface area contributed by atoms with Crippen LogP contribution in [0.3, 0.4) is 0 Å². The summed E-state index contributed by atoms with van der Waals surface area (Å²) in [5.74, 6) is 0. The third kappa shape index (κ3) is 4.28. The molecule has 0 unspecified atom stereocenters. The van der Waals surface area contributed by atoms with Crippen molar-refractivity contribution in [2.75, 3.05) is 5.06 Å². The highest BCUT2D eigenvalue weighted by Crippen LogP contribution is 2.25. The van der Waals surface area contributed by atoms with Crippen molar-refractivity contribution >= 4 is 5.69 Å². The number of anilines is 1. The van der Waals surface area contributed by atoms with Gasteiger partial charge >= 0.3 is 6.36 Å². The highest BCUT2D eigenvalue weighted by Gasteiger charge is 2.33. The number of halogens is 3. The molecule has 0 atom stereocenters. The number of hydrogen-bond donors (Lipinski definition) is 0. The summed E-state index contributed by atoms with van der Waals surface area (Å²) in [5.41, 5.74) is 2.06. The molecule has 0 fully saturated rings. The molecule has 0 saturated carbocycles. The van der Waals surface area contributed by atoms with Gasteiger partial charge in [-0.3, -0.25) is 0 Å². The molecule has 0 aliphatic rings.